The second-order valence-corrected chi connectivity index (χ2v) is 5.43. The van der Waals surface area contributed by atoms with E-state index in [9.17, 15) is 9.90 Å². The Morgan fingerprint density at radius 3 is 2.65 bits per heavy atom. The number of hydrazone groups is 1. The number of carbonyl (C=O) groups is 1. The molecule has 120 valence electrons. The fraction of sp³-hybridized carbons (Fsp3) is 0.176. The number of carbonyl (C=O) groups excluding carboxylic acids is 1. The molecular formula is C17H17ClN2O3. The SMILES string of the molecule is Cc1cc(OCC(=O)N/N=C/c2cccc(O)c2)cc(C)c1Cl. The maximum absolute atomic E-state index is 11.7. The van der Waals surface area contributed by atoms with Crippen LogP contribution in [0.5, 0.6) is 11.5 Å². The molecule has 2 aromatic carbocycles. The van der Waals surface area contributed by atoms with E-state index in [2.05, 4.69) is 10.5 Å². The van der Waals surface area contributed by atoms with E-state index in [0.29, 0.717) is 16.3 Å². The lowest BCUT2D eigenvalue weighted by Gasteiger charge is -2.09. The summed E-state index contributed by atoms with van der Waals surface area (Å²) < 4.78 is 5.42. The van der Waals surface area contributed by atoms with E-state index in [4.69, 9.17) is 16.3 Å². The molecule has 0 unspecified atom stereocenters. The minimum absolute atomic E-state index is 0.136. The van der Waals surface area contributed by atoms with Gasteiger partial charge in [-0.05, 0) is 54.8 Å². The Hall–Kier alpha value is -2.53. The van der Waals surface area contributed by atoms with Crippen molar-refractivity contribution in [2.24, 2.45) is 5.10 Å². The number of nitrogens with zero attached hydrogens (tertiary/aromatic N) is 1. The molecule has 0 spiro atoms. The van der Waals surface area contributed by atoms with Gasteiger partial charge in [0.15, 0.2) is 6.61 Å². The van der Waals surface area contributed by atoms with Gasteiger partial charge in [0, 0.05) is 5.02 Å². The molecule has 0 saturated carbocycles. The number of halogens is 1. The molecule has 2 aromatic rings. The molecule has 2 N–H and O–H groups in total. The normalized spacial score (nSPS) is 10.7. The van der Waals surface area contributed by atoms with Gasteiger partial charge in [-0.3, -0.25) is 4.79 Å². The summed E-state index contributed by atoms with van der Waals surface area (Å²) in [6.45, 7) is 3.60. The number of phenolic OH excluding ortho intramolecular Hbond substituents is 1. The van der Waals surface area contributed by atoms with Gasteiger partial charge < -0.3 is 9.84 Å². The first-order chi connectivity index (χ1) is 11.0. The highest BCUT2D eigenvalue weighted by Crippen LogP contribution is 2.25. The summed E-state index contributed by atoms with van der Waals surface area (Å²) >= 11 is 6.08. The van der Waals surface area contributed by atoms with E-state index in [1.807, 2.05) is 13.8 Å². The number of amides is 1. The quantitative estimate of drug-likeness (QED) is 0.652. The van der Waals surface area contributed by atoms with Gasteiger partial charge >= 0.3 is 0 Å². The number of rotatable bonds is 5. The van der Waals surface area contributed by atoms with Crippen LogP contribution in [0.3, 0.4) is 0 Å². The second-order valence-electron chi connectivity index (χ2n) is 5.05. The first kappa shape index (κ1) is 16.8. The third kappa shape index (κ3) is 5.00. The molecule has 2 rings (SSSR count). The van der Waals surface area contributed by atoms with Crippen LogP contribution in [0.1, 0.15) is 16.7 Å². The van der Waals surface area contributed by atoms with E-state index < -0.39 is 0 Å². The molecule has 0 fully saturated rings. The van der Waals surface area contributed by atoms with Crippen LogP contribution >= 0.6 is 11.6 Å². The van der Waals surface area contributed by atoms with Crippen LogP contribution in [-0.4, -0.2) is 23.8 Å². The van der Waals surface area contributed by atoms with Crippen molar-refractivity contribution >= 4 is 23.7 Å². The van der Waals surface area contributed by atoms with Crippen LogP contribution in [0, 0.1) is 13.8 Å². The lowest BCUT2D eigenvalue weighted by molar-refractivity contribution is -0.123. The predicted molar refractivity (Wildman–Crippen MR) is 90.3 cm³/mol. The van der Waals surface area contributed by atoms with Gasteiger partial charge in [0.05, 0.1) is 6.21 Å². The van der Waals surface area contributed by atoms with Crippen molar-refractivity contribution in [3.8, 4) is 11.5 Å². The first-order valence-electron chi connectivity index (χ1n) is 6.96. The van der Waals surface area contributed by atoms with E-state index in [0.717, 1.165) is 11.1 Å². The number of nitrogens with one attached hydrogen (secondary N) is 1. The zero-order valence-electron chi connectivity index (χ0n) is 12.8. The molecule has 6 heteroatoms. The summed E-state index contributed by atoms with van der Waals surface area (Å²) in [4.78, 5) is 11.7. The van der Waals surface area contributed by atoms with Crippen molar-refractivity contribution < 1.29 is 14.6 Å². The summed E-state index contributed by atoms with van der Waals surface area (Å²) in [5, 5.41) is 13.8. The van der Waals surface area contributed by atoms with Crippen LogP contribution in [0.25, 0.3) is 0 Å². The topological polar surface area (TPSA) is 70.9 Å². The van der Waals surface area contributed by atoms with Gasteiger partial charge in [0.25, 0.3) is 5.91 Å². The summed E-state index contributed by atoms with van der Waals surface area (Å²) in [6.07, 6.45) is 1.44. The van der Waals surface area contributed by atoms with Gasteiger partial charge in [-0.15, -0.1) is 0 Å². The molecule has 0 bridgehead atoms. The number of phenols is 1. The molecule has 1 amide bonds. The highest BCUT2D eigenvalue weighted by molar-refractivity contribution is 6.32. The zero-order valence-corrected chi connectivity index (χ0v) is 13.6. The minimum atomic E-state index is -0.383. The van der Waals surface area contributed by atoms with Crippen LogP contribution in [0.2, 0.25) is 5.02 Å². The maximum atomic E-state index is 11.7. The van der Waals surface area contributed by atoms with Gasteiger partial charge in [0.2, 0.25) is 0 Å². The Morgan fingerprint density at radius 2 is 2.00 bits per heavy atom. The molecule has 0 aliphatic carbocycles. The molecule has 5 nitrogen and oxygen atoms in total. The van der Waals surface area contributed by atoms with Gasteiger partial charge in [-0.25, -0.2) is 5.43 Å². The Labute approximate surface area is 139 Å². The standard InChI is InChI=1S/C17H17ClN2O3/c1-11-6-15(7-12(2)17(11)18)23-10-16(22)20-19-9-13-4-3-5-14(21)8-13/h3-9,21H,10H2,1-2H3,(H,20,22)/b19-9+. The highest BCUT2D eigenvalue weighted by atomic mass is 35.5. The molecule has 0 aromatic heterocycles. The van der Waals surface area contributed by atoms with Crippen molar-refractivity contribution in [2.75, 3.05) is 6.61 Å². The summed E-state index contributed by atoms with van der Waals surface area (Å²) in [6, 6.07) is 10.1. The smallest absolute Gasteiger partial charge is 0.277 e. The molecule has 0 radical (unpaired) electrons. The third-order valence-corrected chi connectivity index (χ3v) is 3.65. The van der Waals surface area contributed by atoms with Gasteiger partial charge in [-0.2, -0.15) is 5.10 Å². The van der Waals surface area contributed by atoms with Gasteiger partial charge in [-0.1, -0.05) is 23.7 Å². The molecule has 0 aliphatic rings. The number of hydrogen-bond donors (Lipinski definition) is 2. The van der Waals surface area contributed by atoms with Gasteiger partial charge in [0.1, 0.15) is 11.5 Å². The third-order valence-electron chi connectivity index (χ3n) is 3.05. The number of aryl methyl sites for hydroxylation is 2. The predicted octanol–water partition coefficient (Wildman–Crippen LogP) is 3.19. The summed E-state index contributed by atoms with van der Waals surface area (Å²) in [5.74, 6) is 0.334. The summed E-state index contributed by atoms with van der Waals surface area (Å²) in [7, 11) is 0. The number of hydrogen-bond acceptors (Lipinski definition) is 4. The lowest BCUT2D eigenvalue weighted by atomic mass is 10.1. The van der Waals surface area contributed by atoms with E-state index in [1.54, 1.807) is 30.3 Å². The minimum Gasteiger partial charge on any atom is -0.508 e. The van der Waals surface area contributed by atoms with E-state index in [-0.39, 0.29) is 18.3 Å². The van der Waals surface area contributed by atoms with Crippen molar-refractivity contribution in [3.05, 3.63) is 58.1 Å². The molecule has 0 aliphatic heterocycles. The summed E-state index contributed by atoms with van der Waals surface area (Å²) in [5.41, 5.74) is 4.82. The highest BCUT2D eigenvalue weighted by Gasteiger charge is 2.06. The molecular weight excluding hydrogens is 316 g/mol. The zero-order chi connectivity index (χ0) is 16.8. The van der Waals surface area contributed by atoms with Crippen LogP contribution in [0.15, 0.2) is 41.5 Å². The second kappa shape index (κ2) is 7.65. The molecule has 23 heavy (non-hydrogen) atoms. The Bertz CT molecular complexity index is 721. The lowest BCUT2D eigenvalue weighted by Crippen LogP contribution is -2.24. The largest absolute Gasteiger partial charge is 0.508 e. The first-order valence-corrected chi connectivity index (χ1v) is 7.34. The molecule has 0 heterocycles. The van der Waals surface area contributed by atoms with Crippen molar-refractivity contribution in [1.82, 2.24) is 5.43 Å². The number of aromatic hydroxyl groups is 1. The van der Waals surface area contributed by atoms with Crippen molar-refractivity contribution in [2.45, 2.75) is 13.8 Å². The monoisotopic (exact) mass is 332 g/mol. The molecule has 0 atom stereocenters. The maximum Gasteiger partial charge on any atom is 0.277 e. The van der Waals surface area contributed by atoms with E-state index >= 15 is 0 Å². The average Bonchev–Trinajstić information content (AvgIpc) is 2.50. The number of benzene rings is 2. The van der Waals surface area contributed by atoms with Crippen LogP contribution in [-0.2, 0) is 4.79 Å². The fourth-order valence-corrected chi connectivity index (χ4v) is 2.06. The number of ether oxygens (including phenoxy) is 1. The molecule has 0 saturated heterocycles. The van der Waals surface area contributed by atoms with Crippen LogP contribution in [0.4, 0.5) is 0 Å². The fourth-order valence-electron chi connectivity index (χ4n) is 1.95. The Morgan fingerprint density at radius 1 is 1.30 bits per heavy atom. The van der Waals surface area contributed by atoms with E-state index in [1.165, 1.54) is 12.3 Å². The van der Waals surface area contributed by atoms with Crippen LogP contribution < -0.4 is 10.2 Å². The average molecular weight is 333 g/mol. The Balaban J connectivity index is 1.86. The Kier molecular flexibility index (Phi) is 5.60. The van der Waals surface area contributed by atoms with Crippen molar-refractivity contribution in [1.29, 1.82) is 0 Å². The van der Waals surface area contributed by atoms with Crippen molar-refractivity contribution in [3.63, 3.8) is 0 Å².